The third-order valence-electron chi connectivity index (χ3n) is 8.49. The first-order valence-electron chi connectivity index (χ1n) is 13.0. The topological polar surface area (TPSA) is 96.3 Å². The number of esters is 1. The molecule has 0 aromatic rings. The van der Waals surface area contributed by atoms with E-state index in [9.17, 15) is 19.8 Å². The molecule has 7 heteroatoms. The van der Waals surface area contributed by atoms with Gasteiger partial charge in [-0.2, -0.15) is 0 Å². The van der Waals surface area contributed by atoms with Crippen molar-refractivity contribution in [1.29, 1.82) is 0 Å². The molecule has 9 atom stereocenters. The maximum atomic E-state index is 13.6. The van der Waals surface area contributed by atoms with E-state index < -0.39 is 47.3 Å². The largest absolute Gasteiger partial charge is 0.459 e. The number of aliphatic hydroxyl groups excluding tert-OH is 1. The number of carbonyl (C=O) groups is 2. The van der Waals surface area contributed by atoms with Crippen LogP contribution in [0.5, 0.6) is 0 Å². The highest BCUT2D eigenvalue weighted by atomic mass is 16.6. The first kappa shape index (κ1) is 31.7. The molecule has 0 aromatic carbocycles. The van der Waals surface area contributed by atoms with Crippen LogP contribution in [0, 0.1) is 23.7 Å². The molecule has 1 heterocycles. The van der Waals surface area contributed by atoms with Crippen molar-refractivity contribution >= 4 is 11.8 Å². The van der Waals surface area contributed by atoms with E-state index in [0.29, 0.717) is 19.4 Å². The molecule has 1 aliphatic rings. The van der Waals surface area contributed by atoms with Gasteiger partial charge in [0.2, 0.25) is 0 Å². The van der Waals surface area contributed by atoms with Crippen molar-refractivity contribution in [2.45, 2.75) is 112 Å². The molecule has 1 aliphatic heterocycles. The number of likely N-dealkylation sites (N-methyl/N-ethyl adjacent to an activating group) is 1. The summed E-state index contributed by atoms with van der Waals surface area (Å²) in [6.45, 7) is 19.5. The van der Waals surface area contributed by atoms with E-state index in [1.54, 1.807) is 21.0 Å². The van der Waals surface area contributed by atoms with Crippen LogP contribution < -0.4 is 0 Å². The average molecular weight is 498 g/mol. The van der Waals surface area contributed by atoms with Crippen LogP contribution in [0.1, 0.15) is 82.1 Å². The van der Waals surface area contributed by atoms with Gasteiger partial charge in [0, 0.05) is 31.5 Å². The van der Waals surface area contributed by atoms with Gasteiger partial charge in [-0.15, -0.1) is 0 Å². The van der Waals surface area contributed by atoms with Crippen molar-refractivity contribution < 1.29 is 29.3 Å². The molecule has 0 radical (unpaired) electrons. The summed E-state index contributed by atoms with van der Waals surface area (Å²) in [5.74, 6) is -2.46. The molecule has 1 rings (SSSR count). The number of Topliss-reactive ketones (excluding diaryl/α,β-unsaturated/α-hetero) is 1. The summed E-state index contributed by atoms with van der Waals surface area (Å²) in [5.41, 5.74) is -0.133. The van der Waals surface area contributed by atoms with Crippen LogP contribution >= 0.6 is 0 Å². The maximum absolute atomic E-state index is 13.6. The summed E-state index contributed by atoms with van der Waals surface area (Å²) < 4.78 is 11.8. The van der Waals surface area contributed by atoms with Crippen molar-refractivity contribution in [3.63, 3.8) is 0 Å². The highest BCUT2D eigenvalue weighted by molar-refractivity contribution is 6.00. The molecule has 0 amide bonds. The molecule has 2 N–H and O–H groups in total. The molecular weight excluding hydrogens is 446 g/mol. The fraction of sp³-hybridized carbons (Fsp3) is 0.857. The summed E-state index contributed by atoms with van der Waals surface area (Å²) in [6, 6.07) is -0.396. The smallest absolute Gasteiger partial charge is 0.316 e. The number of hydrogen-bond acceptors (Lipinski definition) is 7. The molecule has 0 bridgehead atoms. The number of cyclic esters (lactones) is 1. The number of rotatable bonds is 3. The highest BCUT2D eigenvalue weighted by Crippen LogP contribution is 2.41. The van der Waals surface area contributed by atoms with Crippen molar-refractivity contribution in [3.05, 3.63) is 11.1 Å². The third-order valence-corrected chi connectivity index (χ3v) is 8.49. The molecule has 0 aliphatic carbocycles. The molecule has 7 nitrogen and oxygen atoms in total. The van der Waals surface area contributed by atoms with Gasteiger partial charge in [-0.3, -0.25) is 9.59 Å². The van der Waals surface area contributed by atoms with Crippen LogP contribution in [-0.2, 0) is 19.1 Å². The second kappa shape index (κ2) is 12.3. The van der Waals surface area contributed by atoms with Crippen molar-refractivity contribution in [2.24, 2.45) is 23.7 Å². The Morgan fingerprint density at radius 1 is 1.14 bits per heavy atom. The van der Waals surface area contributed by atoms with Gasteiger partial charge in [-0.05, 0) is 74.3 Å². The van der Waals surface area contributed by atoms with E-state index >= 15 is 0 Å². The van der Waals surface area contributed by atoms with Crippen LogP contribution in [0.25, 0.3) is 0 Å². The second-order valence-corrected chi connectivity index (χ2v) is 11.6. The summed E-state index contributed by atoms with van der Waals surface area (Å²) in [7, 11) is 3.60. The second-order valence-electron chi connectivity index (χ2n) is 11.6. The number of ether oxygens (including phenoxy) is 2. The number of aliphatic hydroxyl groups is 2. The number of methoxy groups -OCH3 is 1. The van der Waals surface area contributed by atoms with Gasteiger partial charge in [0.25, 0.3) is 0 Å². The quantitative estimate of drug-likeness (QED) is 0.346. The van der Waals surface area contributed by atoms with Crippen molar-refractivity contribution in [3.8, 4) is 0 Å². The molecular formula is C28H51NO6. The Morgan fingerprint density at radius 3 is 2.14 bits per heavy atom. The molecule has 0 aromatic heterocycles. The number of ketones is 1. The van der Waals surface area contributed by atoms with E-state index in [1.807, 2.05) is 53.5 Å². The Kier molecular flexibility index (Phi) is 11.2. The molecule has 35 heavy (non-hydrogen) atoms. The van der Waals surface area contributed by atoms with Crippen molar-refractivity contribution in [2.75, 3.05) is 20.7 Å². The molecule has 0 saturated carbocycles. The minimum atomic E-state index is -1.68. The van der Waals surface area contributed by atoms with Gasteiger partial charge in [0.05, 0.1) is 5.60 Å². The molecule has 0 spiro atoms. The zero-order valence-electron chi connectivity index (χ0n) is 24.1. The molecule has 1 saturated heterocycles. The van der Waals surface area contributed by atoms with E-state index in [0.717, 1.165) is 11.1 Å². The van der Waals surface area contributed by atoms with Gasteiger partial charge in [0.15, 0.2) is 0 Å². The highest BCUT2D eigenvalue weighted by Gasteiger charge is 2.48. The summed E-state index contributed by atoms with van der Waals surface area (Å²) in [5, 5.41) is 22.4. The van der Waals surface area contributed by atoms with Crippen LogP contribution in [0.4, 0.5) is 0 Å². The average Bonchev–Trinajstić information content (AvgIpc) is 2.78. The number of allylic oxidation sites excluding steroid dienone is 1. The van der Waals surface area contributed by atoms with Crippen molar-refractivity contribution in [1.82, 2.24) is 4.90 Å². The van der Waals surface area contributed by atoms with Gasteiger partial charge >= 0.3 is 5.97 Å². The van der Waals surface area contributed by atoms with Crippen LogP contribution in [0.3, 0.4) is 0 Å². The van der Waals surface area contributed by atoms with Crippen LogP contribution in [0.15, 0.2) is 11.1 Å². The van der Waals surface area contributed by atoms with Gasteiger partial charge in [0.1, 0.15) is 29.5 Å². The monoisotopic (exact) mass is 497 g/mol. The fourth-order valence-corrected chi connectivity index (χ4v) is 5.88. The first-order valence-corrected chi connectivity index (χ1v) is 13.0. The Morgan fingerprint density at radius 2 is 1.69 bits per heavy atom. The van der Waals surface area contributed by atoms with Crippen LogP contribution in [0.2, 0.25) is 0 Å². The van der Waals surface area contributed by atoms with Gasteiger partial charge in [-0.25, -0.2) is 0 Å². The van der Waals surface area contributed by atoms with Gasteiger partial charge < -0.3 is 24.6 Å². The lowest BCUT2D eigenvalue weighted by atomic mass is 9.68. The molecule has 1 fully saturated rings. The van der Waals surface area contributed by atoms with E-state index in [1.165, 1.54) is 6.92 Å². The summed E-state index contributed by atoms with van der Waals surface area (Å²) >= 11 is 0. The molecule has 0 unspecified atom stereocenters. The van der Waals surface area contributed by atoms with Gasteiger partial charge in [-0.1, -0.05) is 31.9 Å². The number of nitrogens with zero attached hydrogens (tertiary/aromatic N) is 1. The Labute approximate surface area is 213 Å². The standard InChI is InChI=1S/C28H51NO6/c1-13-22-28(10,33)25(31)21(8)29(11)15-17(4)14-27(9,34-12)23(18(5)16(2)3)19(6)24(30)20(7)26(32)35-22/h17,19-23,25,31,33H,13-15H2,1-12H3/t17-,19-,20-,21-,22-,23-,25-,27-,28-/m1/s1. The van der Waals surface area contributed by atoms with Crippen LogP contribution in [-0.4, -0.2) is 77.0 Å². The fourth-order valence-electron chi connectivity index (χ4n) is 5.88. The predicted octanol–water partition coefficient (Wildman–Crippen LogP) is 4.00. The van der Waals surface area contributed by atoms with E-state index in [4.69, 9.17) is 9.47 Å². The third kappa shape index (κ3) is 6.94. The SMILES string of the molecule is CC[C@H]1OC(=O)[C@H](C)C(=O)[C@H](C)[C@@H](C(C)=C(C)C)[C@](C)(OC)C[C@@H](C)CN(C)[C@H](C)[C@@H](O)[C@]1(C)O. The molecule has 204 valence electrons. The summed E-state index contributed by atoms with van der Waals surface area (Å²) in [4.78, 5) is 28.8. The zero-order valence-corrected chi connectivity index (χ0v) is 24.1. The number of carbonyl (C=O) groups excluding carboxylic acids is 2. The Balaban J connectivity index is 3.68. The first-order chi connectivity index (χ1) is 16.0. The lowest BCUT2D eigenvalue weighted by Crippen LogP contribution is -2.59. The minimum Gasteiger partial charge on any atom is -0.459 e. The minimum absolute atomic E-state index is 0.168. The Bertz CT molecular complexity index is 773. The Hall–Kier alpha value is -1.28. The lowest BCUT2D eigenvalue weighted by Gasteiger charge is -2.44. The van der Waals surface area contributed by atoms with E-state index in [-0.39, 0.29) is 17.6 Å². The normalized spacial score (nSPS) is 41.0. The zero-order chi connectivity index (χ0) is 27.5. The predicted molar refractivity (Wildman–Crippen MR) is 139 cm³/mol. The summed E-state index contributed by atoms with van der Waals surface area (Å²) in [6.07, 6.45) is -1.13. The number of hydrogen-bond donors (Lipinski definition) is 2. The maximum Gasteiger partial charge on any atom is 0.316 e. The lowest BCUT2D eigenvalue weighted by molar-refractivity contribution is -0.189. The van der Waals surface area contributed by atoms with E-state index in [2.05, 4.69) is 6.92 Å².